The number of methoxy groups -OCH3 is 1. The molecule has 0 saturated carbocycles. The van der Waals surface area contributed by atoms with Crippen LogP contribution in [-0.2, 0) is 0 Å². The molecular formula is C22H20N8O4. The van der Waals surface area contributed by atoms with Crippen LogP contribution in [0.3, 0.4) is 0 Å². The molecule has 0 saturated heterocycles. The van der Waals surface area contributed by atoms with Crippen molar-refractivity contribution in [3.05, 3.63) is 82.3 Å². The van der Waals surface area contributed by atoms with Gasteiger partial charge in [-0.1, -0.05) is 0 Å². The van der Waals surface area contributed by atoms with Crippen molar-refractivity contribution in [3.63, 3.8) is 0 Å². The van der Waals surface area contributed by atoms with Gasteiger partial charge in [-0.05, 0) is 48.0 Å². The average Bonchev–Trinajstić information content (AvgIpc) is 3.49. The van der Waals surface area contributed by atoms with Crippen LogP contribution in [0, 0.1) is 5.41 Å². The van der Waals surface area contributed by atoms with Crippen molar-refractivity contribution in [2.24, 2.45) is 5.73 Å². The highest BCUT2D eigenvalue weighted by Gasteiger charge is 2.27. The zero-order valence-electron chi connectivity index (χ0n) is 18.0. The van der Waals surface area contributed by atoms with Crippen molar-refractivity contribution >= 4 is 11.5 Å². The zero-order valence-corrected chi connectivity index (χ0v) is 18.0. The first kappa shape index (κ1) is 21.0. The van der Waals surface area contributed by atoms with Crippen LogP contribution in [0.25, 0.3) is 5.95 Å². The van der Waals surface area contributed by atoms with E-state index in [1.165, 1.54) is 19.5 Å². The highest BCUT2D eigenvalue weighted by Crippen LogP contribution is 2.44. The van der Waals surface area contributed by atoms with E-state index in [4.69, 9.17) is 25.4 Å². The van der Waals surface area contributed by atoms with Crippen LogP contribution in [0.2, 0.25) is 0 Å². The Labute approximate surface area is 192 Å². The van der Waals surface area contributed by atoms with Crippen LogP contribution in [-0.4, -0.2) is 44.5 Å². The van der Waals surface area contributed by atoms with Gasteiger partial charge in [0, 0.05) is 23.6 Å². The van der Waals surface area contributed by atoms with Crippen molar-refractivity contribution in [3.8, 4) is 23.2 Å². The summed E-state index contributed by atoms with van der Waals surface area (Å²) in [6.45, 7) is 0.0799. The number of nitrogens with two attached hydrogens (primary N) is 1. The van der Waals surface area contributed by atoms with Gasteiger partial charge in [0.1, 0.15) is 11.9 Å². The van der Waals surface area contributed by atoms with E-state index in [2.05, 4.69) is 25.4 Å². The summed E-state index contributed by atoms with van der Waals surface area (Å²) in [4.78, 5) is 23.7. The number of H-pyrrole nitrogens is 1. The predicted molar refractivity (Wildman–Crippen MR) is 122 cm³/mol. The van der Waals surface area contributed by atoms with Gasteiger partial charge in [-0.15, -0.1) is 9.78 Å². The number of nitrogens with zero attached hydrogens (tertiary/aromatic N) is 4. The number of aromatic nitrogens is 5. The summed E-state index contributed by atoms with van der Waals surface area (Å²) in [5.74, 6) is 1.93. The maximum absolute atomic E-state index is 12.7. The van der Waals surface area contributed by atoms with Crippen molar-refractivity contribution < 1.29 is 14.2 Å². The Morgan fingerprint density at radius 3 is 2.71 bits per heavy atom. The number of amidine groups is 1. The fraction of sp³-hybridized carbons (Fsp3) is 0.136. The predicted octanol–water partition coefficient (Wildman–Crippen LogP) is 1.57. The summed E-state index contributed by atoms with van der Waals surface area (Å²) < 4.78 is 17.7. The van der Waals surface area contributed by atoms with Crippen molar-refractivity contribution in [1.82, 2.24) is 24.7 Å². The quantitative estimate of drug-likeness (QED) is 0.236. The monoisotopic (exact) mass is 460 g/mol. The third-order valence-electron chi connectivity index (χ3n) is 5.17. The summed E-state index contributed by atoms with van der Waals surface area (Å²) in [5.41, 5.74) is 7.07. The molecule has 1 atom stereocenters. The van der Waals surface area contributed by atoms with E-state index in [0.717, 1.165) is 4.68 Å². The molecule has 12 heteroatoms. The van der Waals surface area contributed by atoms with E-state index in [1.54, 1.807) is 42.5 Å². The van der Waals surface area contributed by atoms with E-state index in [9.17, 15) is 4.79 Å². The minimum atomic E-state index is -0.621. The number of ether oxygens (including phenoxy) is 3. The van der Waals surface area contributed by atoms with Crippen LogP contribution in [0.5, 0.6) is 17.2 Å². The largest absolute Gasteiger partial charge is 0.493 e. The van der Waals surface area contributed by atoms with Gasteiger partial charge in [0.2, 0.25) is 12.5 Å². The first-order valence-electron chi connectivity index (χ1n) is 10.2. The molecule has 2 aromatic carbocycles. The minimum Gasteiger partial charge on any atom is -0.493 e. The van der Waals surface area contributed by atoms with Crippen LogP contribution in [0.4, 0.5) is 5.69 Å². The second kappa shape index (κ2) is 8.58. The fourth-order valence-electron chi connectivity index (χ4n) is 3.55. The molecule has 0 fully saturated rings. The molecule has 0 amide bonds. The van der Waals surface area contributed by atoms with Gasteiger partial charge in [0.05, 0.1) is 7.11 Å². The highest BCUT2D eigenvalue weighted by molar-refractivity contribution is 5.95. The number of aromatic amines is 1. The van der Waals surface area contributed by atoms with Crippen LogP contribution in [0.1, 0.15) is 23.0 Å². The van der Waals surface area contributed by atoms with Gasteiger partial charge in [0.15, 0.2) is 17.3 Å². The summed E-state index contributed by atoms with van der Waals surface area (Å²) in [7, 11) is 1.54. The molecule has 172 valence electrons. The molecule has 5 N–H and O–H groups in total. The maximum atomic E-state index is 12.7. The van der Waals surface area contributed by atoms with Crippen molar-refractivity contribution in [2.75, 3.05) is 19.2 Å². The first-order valence-corrected chi connectivity index (χ1v) is 10.2. The van der Waals surface area contributed by atoms with Crippen molar-refractivity contribution in [1.29, 1.82) is 5.41 Å². The highest BCUT2D eigenvalue weighted by atomic mass is 16.7. The summed E-state index contributed by atoms with van der Waals surface area (Å²) in [6.07, 6.45) is 3.05. The number of fused-ring (bicyclic) bond motifs is 1. The third kappa shape index (κ3) is 3.88. The fourth-order valence-corrected chi connectivity index (χ4v) is 3.55. The van der Waals surface area contributed by atoms with Gasteiger partial charge in [0.25, 0.3) is 5.95 Å². The van der Waals surface area contributed by atoms with Crippen LogP contribution >= 0.6 is 0 Å². The Kier molecular flexibility index (Phi) is 5.30. The number of benzene rings is 2. The molecule has 12 nitrogen and oxygen atoms in total. The molecule has 3 heterocycles. The van der Waals surface area contributed by atoms with E-state index in [-0.39, 0.29) is 18.6 Å². The number of hydrogen-bond donors (Lipinski definition) is 4. The van der Waals surface area contributed by atoms with Gasteiger partial charge in [-0.3, -0.25) is 10.4 Å². The smallest absolute Gasteiger partial charge is 0.350 e. The van der Waals surface area contributed by atoms with Gasteiger partial charge in [-0.25, -0.2) is 14.8 Å². The summed E-state index contributed by atoms with van der Waals surface area (Å²) >= 11 is 0. The number of nitrogen functional groups attached to an aromatic ring is 1. The van der Waals surface area contributed by atoms with Crippen molar-refractivity contribution in [2.45, 2.75) is 6.04 Å². The lowest BCUT2D eigenvalue weighted by molar-refractivity contribution is 0.171. The molecule has 0 spiro atoms. The van der Waals surface area contributed by atoms with Gasteiger partial charge >= 0.3 is 5.69 Å². The van der Waals surface area contributed by atoms with Gasteiger partial charge < -0.3 is 25.3 Å². The summed E-state index contributed by atoms with van der Waals surface area (Å²) in [5, 5.41) is 15.4. The number of rotatable bonds is 7. The average molecular weight is 460 g/mol. The lowest BCUT2D eigenvalue weighted by atomic mass is 10.0. The lowest BCUT2D eigenvalue weighted by Gasteiger charge is -2.19. The second-order valence-electron chi connectivity index (χ2n) is 7.30. The third-order valence-corrected chi connectivity index (χ3v) is 5.17. The molecule has 0 radical (unpaired) electrons. The Balaban J connectivity index is 1.60. The van der Waals surface area contributed by atoms with Crippen LogP contribution < -0.4 is 31.0 Å². The number of hydrogen-bond acceptors (Lipinski definition) is 9. The second-order valence-corrected chi connectivity index (χ2v) is 7.30. The van der Waals surface area contributed by atoms with E-state index < -0.39 is 11.7 Å². The zero-order chi connectivity index (χ0) is 23.7. The topological polar surface area (TPSA) is 166 Å². The minimum absolute atomic E-state index is 0.0328. The first-order chi connectivity index (χ1) is 16.5. The molecule has 4 aromatic rings. The molecule has 1 aliphatic heterocycles. The van der Waals surface area contributed by atoms with Gasteiger partial charge in [-0.2, -0.15) is 0 Å². The summed E-state index contributed by atoms with van der Waals surface area (Å²) in [6, 6.07) is 11.6. The van der Waals surface area contributed by atoms with E-state index >= 15 is 0 Å². The van der Waals surface area contributed by atoms with E-state index in [1.807, 2.05) is 0 Å². The molecule has 0 bridgehead atoms. The Bertz CT molecular complexity index is 1400. The maximum Gasteiger partial charge on any atom is 0.350 e. The lowest BCUT2D eigenvalue weighted by Crippen LogP contribution is -2.18. The van der Waals surface area contributed by atoms with Crippen LogP contribution in [0.15, 0.2) is 59.7 Å². The number of nitrogens with one attached hydrogen (secondary N) is 3. The Hall–Kier alpha value is -4.87. The molecule has 1 unspecified atom stereocenters. The Morgan fingerprint density at radius 1 is 1.24 bits per heavy atom. The molecular weight excluding hydrogens is 440 g/mol. The normalized spacial score (nSPS) is 12.9. The SMILES string of the molecule is COc1cc(C(Nc2ccc(C(=N)N)cc2)c2nn(-c3ncccn3)c(=O)[nH]2)cc2c1OCO2. The molecule has 1 aliphatic rings. The number of anilines is 1. The molecule has 2 aromatic heterocycles. The standard InChI is InChI=1S/C22H20N8O4/c1-32-15-9-13(10-16-18(15)34-11-33-16)17(27-14-5-3-12(4-6-14)19(23)24)20-28-22(31)30(29-20)21-25-7-2-8-26-21/h2-10,17,27H,11H2,1H3,(H3,23,24)(H,28,29,31). The van der Waals surface area contributed by atoms with E-state index in [0.29, 0.717) is 39.9 Å². The molecule has 5 rings (SSSR count). The molecule has 34 heavy (non-hydrogen) atoms. The molecule has 0 aliphatic carbocycles. The Morgan fingerprint density at radius 2 is 2.00 bits per heavy atom.